The number of halogens is 1. The standard InChI is InChI=1S/C10H10BrN3O2/c1-14(6-7-4-12-13-5-7)10(15)8-2-3-9(11)16-8/h2-5H,6H2,1H3,(H,12,13). The minimum Gasteiger partial charge on any atom is -0.444 e. The fourth-order valence-electron chi connectivity index (χ4n) is 1.33. The first-order valence-corrected chi connectivity index (χ1v) is 5.44. The largest absolute Gasteiger partial charge is 0.444 e. The summed E-state index contributed by atoms with van der Waals surface area (Å²) in [6.07, 6.45) is 3.43. The summed E-state index contributed by atoms with van der Waals surface area (Å²) in [6.45, 7) is 0.494. The van der Waals surface area contributed by atoms with Gasteiger partial charge in [-0.2, -0.15) is 5.10 Å². The van der Waals surface area contributed by atoms with E-state index in [1.165, 1.54) is 0 Å². The van der Waals surface area contributed by atoms with Crippen LogP contribution < -0.4 is 0 Å². The fraction of sp³-hybridized carbons (Fsp3) is 0.200. The third-order valence-corrected chi connectivity index (χ3v) is 2.53. The number of H-pyrrole nitrogens is 1. The average Bonchev–Trinajstić information content (AvgIpc) is 2.88. The lowest BCUT2D eigenvalue weighted by Crippen LogP contribution is -2.25. The van der Waals surface area contributed by atoms with Gasteiger partial charge in [-0.25, -0.2) is 0 Å². The summed E-state index contributed by atoms with van der Waals surface area (Å²) in [6, 6.07) is 3.33. The number of furan rings is 1. The second-order valence-electron chi connectivity index (χ2n) is 3.37. The highest BCUT2D eigenvalue weighted by molar-refractivity contribution is 9.10. The second kappa shape index (κ2) is 4.52. The van der Waals surface area contributed by atoms with Gasteiger partial charge in [-0.3, -0.25) is 9.89 Å². The van der Waals surface area contributed by atoms with Gasteiger partial charge in [0, 0.05) is 25.4 Å². The topological polar surface area (TPSA) is 62.1 Å². The second-order valence-corrected chi connectivity index (χ2v) is 4.15. The zero-order valence-electron chi connectivity index (χ0n) is 8.61. The molecule has 0 spiro atoms. The van der Waals surface area contributed by atoms with Gasteiger partial charge in [0.15, 0.2) is 10.4 Å². The molecule has 5 nitrogen and oxygen atoms in total. The van der Waals surface area contributed by atoms with Gasteiger partial charge in [0.2, 0.25) is 0 Å². The Morgan fingerprint density at radius 2 is 2.44 bits per heavy atom. The molecule has 0 saturated heterocycles. The summed E-state index contributed by atoms with van der Waals surface area (Å²) in [5.41, 5.74) is 0.946. The van der Waals surface area contributed by atoms with E-state index in [1.54, 1.807) is 36.5 Å². The molecular formula is C10H10BrN3O2. The first kappa shape index (κ1) is 10.9. The molecule has 0 aliphatic carbocycles. The molecule has 6 heteroatoms. The zero-order valence-corrected chi connectivity index (χ0v) is 10.2. The van der Waals surface area contributed by atoms with Gasteiger partial charge in [0.05, 0.1) is 6.20 Å². The van der Waals surface area contributed by atoms with E-state index in [0.29, 0.717) is 17.0 Å². The summed E-state index contributed by atoms with van der Waals surface area (Å²) < 4.78 is 5.74. The minimum absolute atomic E-state index is 0.160. The van der Waals surface area contributed by atoms with Crippen LogP contribution in [0.2, 0.25) is 0 Å². The van der Waals surface area contributed by atoms with Crippen molar-refractivity contribution < 1.29 is 9.21 Å². The molecular weight excluding hydrogens is 274 g/mol. The molecule has 1 amide bonds. The third kappa shape index (κ3) is 2.33. The maximum absolute atomic E-state index is 11.9. The lowest BCUT2D eigenvalue weighted by atomic mass is 10.3. The number of hydrogen-bond acceptors (Lipinski definition) is 3. The number of nitrogens with zero attached hydrogens (tertiary/aromatic N) is 2. The molecule has 0 aromatic carbocycles. The maximum Gasteiger partial charge on any atom is 0.289 e. The van der Waals surface area contributed by atoms with Gasteiger partial charge in [-0.05, 0) is 28.1 Å². The van der Waals surface area contributed by atoms with Crippen molar-refractivity contribution in [2.24, 2.45) is 0 Å². The molecule has 0 fully saturated rings. The van der Waals surface area contributed by atoms with Crippen LogP contribution in [0.3, 0.4) is 0 Å². The van der Waals surface area contributed by atoms with Crippen molar-refractivity contribution in [2.75, 3.05) is 7.05 Å². The molecule has 1 N–H and O–H groups in total. The van der Waals surface area contributed by atoms with Crippen molar-refractivity contribution in [3.63, 3.8) is 0 Å². The molecule has 2 rings (SSSR count). The molecule has 0 unspecified atom stereocenters. The highest BCUT2D eigenvalue weighted by atomic mass is 79.9. The molecule has 2 heterocycles. The molecule has 2 aromatic heterocycles. The van der Waals surface area contributed by atoms with Crippen LogP contribution in [0.25, 0.3) is 0 Å². The SMILES string of the molecule is CN(Cc1cn[nH]c1)C(=O)c1ccc(Br)o1. The number of carbonyl (C=O) groups excluding carboxylic acids is 1. The van der Waals surface area contributed by atoms with E-state index in [-0.39, 0.29) is 5.91 Å². The molecule has 16 heavy (non-hydrogen) atoms. The van der Waals surface area contributed by atoms with Crippen LogP contribution in [-0.4, -0.2) is 28.1 Å². The number of nitrogens with one attached hydrogen (secondary N) is 1. The van der Waals surface area contributed by atoms with E-state index >= 15 is 0 Å². The fourth-order valence-corrected chi connectivity index (χ4v) is 1.63. The highest BCUT2D eigenvalue weighted by Gasteiger charge is 2.15. The Bertz CT molecular complexity index is 478. The van der Waals surface area contributed by atoms with E-state index in [1.807, 2.05) is 0 Å². The number of hydrogen-bond donors (Lipinski definition) is 1. The van der Waals surface area contributed by atoms with Crippen molar-refractivity contribution in [2.45, 2.75) is 6.54 Å². The molecule has 2 aromatic rings. The lowest BCUT2D eigenvalue weighted by molar-refractivity contribution is 0.0752. The summed E-state index contributed by atoms with van der Waals surface area (Å²) in [5, 5.41) is 6.52. The summed E-state index contributed by atoms with van der Waals surface area (Å²) in [4.78, 5) is 13.4. The molecule has 0 atom stereocenters. The van der Waals surface area contributed by atoms with Crippen molar-refractivity contribution in [1.82, 2.24) is 15.1 Å². The van der Waals surface area contributed by atoms with E-state index in [0.717, 1.165) is 5.56 Å². The van der Waals surface area contributed by atoms with Crippen molar-refractivity contribution in [3.05, 3.63) is 40.5 Å². The van der Waals surface area contributed by atoms with Crippen molar-refractivity contribution in [1.29, 1.82) is 0 Å². The Kier molecular flexibility index (Phi) is 3.09. The van der Waals surface area contributed by atoms with Gasteiger partial charge in [-0.1, -0.05) is 0 Å². The third-order valence-electron chi connectivity index (χ3n) is 2.11. The molecule has 84 valence electrons. The highest BCUT2D eigenvalue weighted by Crippen LogP contribution is 2.16. The Morgan fingerprint density at radius 1 is 1.62 bits per heavy atom. The number of rotatable bonds is 3. The minimum atomic E-state index is -0.160. The predicted molar refractivity (Wildman–Crippen MR) is 60.8 cm³/mol. The van der Waals surface area contributed by atoms with Crippen molar-refractivity contribution >= 4 is 21.8 Å². The lowest BCUT2D eigenvalue weighted by Gasteiger charge is -2.14. The summed E-state index contributed by atoms with van der Waals surface area (Å²) in [7, 11) is 1.71. The van der Waals surface area contributed by atoms with Crippen LogP contribution in [0.1, 0.15) is 16.1 Å². The van der Waals surface area contributed by atoms with Crippen molar-refractivity contribution in [3.8, 4) is 0 Å². The van der Waals surface area contributed by atoms with Crippen LogP contribution >= 0.6 is 15.9 Å². The summed E-state index contributed by atoms with van der Waals surface area (Å²) in [5.74, 6) is 0.157. The molecule has 0 aliphatic rings. The van der Waals surface area contributed by atoms with Crippen LogP contribution in [-0.2, 0) is 6.54 Å². The first-order chi connectivity index (χ1) is 7.66. The molecule has 0 saturated carbocycles. The van der Waals surface area contributed by atoms with E-state index in [9.17, 15) is 4.79 Å². The Hall–Kier alpha value is -1.56. The Labute approximate surface area is 101 Å². The number of aromatic nitrogens is 2. The molecule has 0 radical (unpaired) electrons. The van der Waals surface area contributed by atoms with Crippen LogP contribution in [0.5, 0.6) is 0 Å². The molecule has 0 aliphatic heterocycles. The maximum atomic E-state index is 11.9. The van der Waals surface area contributed by atoms with E-state index in [4.69, 9.17) is 4.42 Å². The van der Waals surface area contributed by atoms with Crippen LogP contribution in [0.15, 0.2) is 33.6 Å². The van der Waals surface area contributed by atoms with Gasteiger partial charge < -0.3 is 9.32 Å². The normalized spacial score (nSPS) is 10.4. The monoisotopic (exact) mass is 283 g/mol. The van der Waals surface area contributed by atoms with Gasteiger partial charge in [0.25, 0.3) is 5.91 Å². The van der Waals surface area contributed by atoms with Gasteiger partial charge in [-0.15, -0.1) is 0 Å². The number of carbonyl (C=O) groups is 1. The quantitative estimate of drug-likeness (QED) is 0.938. The van der Waals surface area contributed by atoms with Gasteiger partial charge >= 0.3 is 0 Å². The van der Waals surface area contributed by atoms with E-state index < -0.39 is 0 Å². The van der Waals surface area contributed by atoms with E-state index in [2.05, 4.69) is 26.1 Å². The number of aromatic amines is 1. The summed E-state index contributed by atoms with van der Waals surface area (Å²) >= 11 is 3.16. The van der Waals surface area contributed by atoms with Gasteiger partial charge in [0.1, 0.15) is 0 Å². The Balaban J connectivity index is 2.05. The first-order valence-electron chi connectivity index (χ1n) is 4.65. The smallest absolute Gasteiger partial charge is 0.289 e. The van der Waals surface area contributed by atoms with Crippen LogP contribution in [0, 0.1) is 0 Å². The average molecular weight is 284 g/mol. The Morgan fingerprint density at radius 3 is 3.00 bits per heavy atom. The number of amides is 1. The predicted octanol–water partition coefficient (Wildman–Crippen LogP) is 2.04. The zero-order chi connectivity index (χ0) is 11.5. The molecule has 0 bridgehead atoms. The van der Waals surface area contributed by atoms with Crippen LogP contribution in [0.4, 0.5) is 0 Å².